The van der Waals surface area contributed by atoms with E-state index in [1.54, 1.807) is 11.9 Å². The van der Waals surface area contributed by atoms with Crippen molar-refractivity contribution in [3.8, 4) is 0 Å². The molecule has 0 bridgehead atoms. The molecule has 0 atom stereocenters. The van der Waals surface area contributed by atoms with Crippen molar-refractivity contribution >= 4 is 32.1 Å². The van der Waals surface area contributed by atoms with Crippen LogP contribution in [0.2, 0.25) is 0 Å². The van der Waals surface area contributed by atoms with Crippen molar-refractivity contribution < 1.29 is 28.7 Å². The van der Waals surface area contributed by atoms with Crippen LogP contribution in [0.15, 0.2) is 4.99 Å². The van der Waals surface area contributed by atoms with Crippen molar-refractivity contribution in [3.05, 3.63) is 0 Å². The second-order valence-electron chi connectivity index (χ2n) is 4.21. The van der Waals surface area contributed by atoms with Gasteiger partial charge in [-0.1, -0.05) is 18.7 Å². The van der Waals surface area contributed by atoms with Crippen LogP contribution in [0.4, 0.5) is 0 Å². The molecule has 0 aliphatic carbocycles. The van der Waals surface area contributed by atoms with Gasteiger partial charge in [-0.25, -0.2) is 4.99 Å². The monoisotopic (exact) mass is 332 g/mol. The smallest absolute Gasteiger partial charge is 0.355 e. The lowest BCUT2D eigenvalue weighted by Crippen LogP contribution is -2.28. The summed E-state index contributed by atoms with van der Waals surface area (Å²) < 4.78 is 23.3. The number of nitrogens with zero attached hydrogens (tertiary/aromatic N) is 2. The van der Waals surface area contributed by atoms with Crippen LogP contribution in [0.5, 0.6) is 0 Å². The molecule has 8 nitrogen and oxygen atoms in total. The summed E-state index contributed by atoms with van der Waals surface area (Å²) >= 11 is 1.20. The molecule has 112 valence electrons. The van der Waals surface area contributed by atoms with Crippen molar-refractivity contribution in [2.24, 2.45) is 4.99 Å². The Morgan fingerprint density at radius 3 is 2.26 bits per heavy atom. The highest BCUT2D eigenvalue weighted by molar-refractivity contribution is 8.13. The molecular weight excluding hydrogens is 314 g/mol. The van der Waals surface area contributed by atoms with E-state index in [4.69, 9.17) is 0 Å². The number of hydrogen-bond donors (Lipinski definition) is 4. The molecule has 0 radical (unpaired) electrons. The molecule has 19 heavy (non-hydrogen) atoms. The summed E-state index contributed by atoms with van der Waals surface area (Å²) in [4.78, 5) is 43.1. The van der Waals surface area contributed by atoms with Crippen LogP contribution in [-0.4, -0.2) is 54.0 Å². The zero-order valence-corrected chi connectivity index (χ0v) is 13.2. The van der Waals surface area contributed by atoms with Gasteiger partial charge in [0.2, 0.25) is 0 Å². The molecule has 1 aliphatic rings. The molecule has 0 spiro atoms. The molecule has 0 aromatic heterocycles. The zero-order valence-electron chi connectivity index (χ0n) is 10.6. The number of hydrogen-bond acceptors (Lipinski definition) is 5. The summed E-state index contributed by atoms with van der Waals surface area (Å²) in [7, 11) is -8.52. The summed E-state index contributed by atoms with van der Waals surface area (Å²) in [5.74, 6) is 0.585. The maximum Gasteiger partial charge on any atom is 0.365 e. The predicted octanol–water partition coefficient (Wildman–Crippen LogP) is 0.830. The highest BCUT2D eigenvalue weighted by atomic mass is 32.2. The molecular formula is C8H18N2O6P2S. The molecule has 1 heterocycles. The second kappa shape index (κ2) is 5.85. The maximum atomic E-state index is 11.6. The van der Waals surface area contributed by atoms with Crippen LogP contribution in [0.1, 0.15) is 19.8 Å². The minimum absolute atomic E-state index is 0.240. The molecule has 0 saturated heterocycles. The van der Waals surface area contributed by atoms with E-state index in [9.17, 15) is 28.7 Å². The van der Waals surface area contributed by atoms with Gasteiger partial charge in [0.05, 0.1) is 0 Å². The number of aliphatic imine (C=N–C) groups is 1. The summed E-state index contributed by atoms with van der Waals surface area (Å²) in [6.07, 6.45) is -0.107. The van der Waals surface area contributed by atoms with Crippen LogP contribution in [0, 0.1) is 0 Å². The topological polar surface area (TPSA) is 131 Å². The van der Waals surface area contributed by atoms with Crippen molar-refractivity contribution in [2.75, 3.05) is 19.3 Å². The van der Waals surface area contributed by atoms with E-state index in [-0.39, 0.29) is 18.0 Å². The Balaban J connectivity index is 3.45. The highest BCUT2D eigenvalue weighted by Crippen LogP contribution is 2.72. The molecule has 0 unspecified atom stereocenters. The van der Waals surface area contributed by atoms with Gasteiger partial charge < -0.3 is 24.5 Å². The van der Waals surface area contributed by atoms with E-state index < -0.39 is 20.2 Å². The third kappa shape index (κ3) is 3.42. The average molecular weight is 332 g/mol. The van der Waals surface area contributed by atoms with E-state index in [2.05, 4.69) is 4.99 Å². The van der Waals surface area contributed by atoms with Gasteiger partial charge >= 0.3 is 15.2 Å². The van der Waals surface area contributed by atoms with Crippen LogP contribution in [-0.2, 0) is 9.13 Å². The van der Waals surface area contributed by atoms with E-state index in [1.165, 1.54) is 11.8 Å². The minimum atomic E-state index is -5.10. The second-order valence-corrected chi connectivity index (χ2v) is 9.45. The van der Waals surface area contributed by atoms with Gasteiger partial charge in [-0.2, -0.15) is 0 Å². The minimum Gasteiger partial charge on any atom is -0.355 e. The van der Waals surface area contributed by atoms with Crippen LogP contribution in [0.3, 0.4) is 0 Å². The first-order chi connectivity index (χ1) is 8.55. The normalized spacial score (nSPS) is 20.9. The Morgan fingerprint density at radius 2 is 1.84 bits per heavy atom. The molecule has 0 amide bonds. The van der Waals surface area contributed by atoms with E-state index >= 15 is 0 Å². The van der Waals surface area contributed by atoms with Gasteiger partial charge in [0, 0.05) is 13.6 Å². The van der Waals surface area contributed by atoms with Crippen LogP contribution < -0.4 is 0 Å². The molecule has 1 rings (SSSR count). The molecule has 0 fully saturated rings. The highest BCUT2D eigenvalue weighted by Gasteiger charge is 2.61. The molecule has 4 N–H and O–H groups in total. The van der Waals surface area contributed by atoms with Gasteiger partial charge in [-0.15, -0.1) is 0 Å². The molecule has 0 saturated carbocycles. The molecule has 0 aromatic carbocycles. The summed E-state index contributed by atoms with van der Waals surface area (Å²) in [5, 5.41) is -2.41. The predicted molar refractivity (Wildman–Crippen MR) is 74.3 cm³/mol. The fourth-order valence-corrected chi connectivity index (χ4v) is 5.44. The largest absolute Gasteiger partial charge is 0.365 e. The number of rotatable bonds is 3. The quantitative estimate of drug-likeness (QED) is 0.559. The fraction of sp³-hybridized carbons (Fsp3) is 0.875. The first-order valence-electron chi connectivity index (χ1n) is 5.60. The summed E-state index contributed by atoms with van der Waals surface area (Å²) in [5.41, 5.74) is 0. The van der Waals surface area contributed by atoms with E-state index in [0.717, 1.165) is 0 Å². The summed E-state index contributed by atoms with van der Waals surface area (Å²) in [6, 6.07) is 0. The third-order valence-electron chi connectivity index (χ3n) is 2.81. The molecule has 1 aliphatic heterocycles. The van der Waals surface area contributed by atoms with Crippen molar-refractivity contribution in [2.45, 2.75) is 24.8 Å². The van der Waals surface area contributed by atoms with E-state index in [0.29, 0.717) is 12.3 Å². The van der Waals surface area contributed by atoms with Gasteiger partial charge in [-0.3, -0.25) is 9.13 Å². The molecule has 0 aromatic rings. The Labute approximate surface area is 115 Å². The lowest BCUT2D eigenvalue weighted by atomic mass is 10.3. The Morgan fingerprint density at radius 1 is 1.32 bits per heavy atom. The SMILES string of the molecule is CCSC1=NC(P(=O)(O)O)(P(=O)(O)O)CCCN1C. The fourth-order valence-electron chi connectivity index (χ4n) is 1.81. The van der Waals surface area contributed by atoms with Crippen molar-refractivity contribution in [3.63, 3.8) is 0 Å². The first kappa shape index (κ1) is 17.2. The lowest BCUT2D eigenvalue weighted by molar-refractivity contribution is 0.303. The standard InChI is InChI=1S/C8H18N2O6P2S/c1-3-19-7-9-8(17(11,12)13,18(14,15)16)5-4-6-10(7)2/h3-6H2,1-2H3,(H2,11,12,13)(H2,14,15,16). The lowest BCUT2D eigenvalue weighted by Gasteiger charge is -2.30. The molecule has 11 heteroatoms. The van der Waals surface area contributed by atoms with Gasteiger partial charge in [0.1, 0.15) is 0 Å². The van der Waals surface area contributed by atoms with Crippen molar-refractivity contribution in [1.29, 1.82) is 0 Å². The van der Waals surface area contributed by atoms with Crippen LogP contribution >= 0.6 is 27.0 Å². The van der Waals surface area contributed by atoms with Gasteiger partial charge in [0.15, 0.2) is 5.17 Å². The van der Waals surface area contributed by atoms with Crippen molar-refractivity contribution in [1.82, 2.24) is 4.90 Å². The number of amidine groups is 1. The zero-order chi connectivity index (χ0) is 14.9. The Kier molecular flexibility index (Phi) is 5.29. The summed E-state index contributed by atoms with van der Waals surface area (Å²) in [6.45, 7) is 2.26. The number of thioether (sulfide) groups is 1. The Bertz CT molecular complexity index is 436. The first-order valence-corrected chi connectivity index (χ1v) is 9.81. The van der Waals surface area contributed by atoms with E-state index in [1.807, 2.05) is 6.92 Å². The average Bonchev–Trinajstić information content (AvgIpc) is 2.38. The maximum absolute atomic E-state index is 11.6. The van der Waals surface area contributed by atoms with Crippen LogP contribution in [0.25, 0.3) is 0 Å². The third-order valence-corrected chi connectivity index (χ3v) is 7.84. The van der Waals surface area contributed by atoms with Gasteiger partial charge in [-0.05, 0) is 18.6 Å². The Hall–Kier alpha value is 0.120. The van der Waals surface area contributed by atoms with Gasteiger partial charge in [0.25, 0.3) is 5.02 Å².